The predicted octanol–water partition coefficient (Wildman–Crippen LogP) is 3.29. The third-order valence-corrected chi connectivity index (χ3v) is 2.54. The highest BCUT2D eigenvalue weighted by atomic mass is 19.1. The van der Waals surface area contributed by atoms with E-state index in [9.17, 15) is 22.4 Å². The van der Waals surface area contributed by atoms with Gasteiger partial charge >= 0.3 is 0 Å². The van der Waals surface area contributed by atoms with Crippen LogP contribution in [-0.4, -0.2) is 12.5 Å². The Hall–Kier alpha value is -2.57. The van der Waals surface area contributed by atoms with E-state index in [2.05, 4.69) is 10.6 Å². The van der Waals surface area contributed by atoms with Crippen molar-refractivity contribution in [2.24, 2.45) is 0 Å². The van der Waals surface area contributed by atoms with Gasteiger partial charge in [0.25, 0.3) is 0 Å². The van der Waals surface area contributed by atoms with Crippen molar-refractivity contribution in [1.29, 1.82) is 0 Å². The molecular formula is C14H10F4N2O. The van der Waals surface area contributed by atoms with Gasteiger partial charge in [-0.1, -0.05) is 6.07 Å². The van der Waals surface area contributed by atoms with Crippen LogP contribution in [0.3, 0.4) is 0 Å². The second kappa shape index (κ2) is 6.25. The van der Waals surface area contributed by atoms with Crippen LogP contribution in [0.25, 0.3) is 0 Å². The molecule has 21 heavy (non-hydrogen) atoms. The minimum Gasteiger partial charge on any atom is -0.371 e. The molecule has 0 aliphatic rings. The molecular weight excluding hydrogens is 288 g/mol. The molecule has 0 heterocycles. The number of carbonyl (C=O) groups is 1. The number of hydrogen-bond acceptors (Lipinski definition) is 2. The molecule has 0 aliphatic carbocycles. The summed E-state index contributed by atoms with van der Waals surface area (Å²) in [5.74, 6) is -4.52. The molecule has 0 fully saturated rings. The quantitative estimate of drug-likeness (QED) is 0.850. The second-order valence-electron chi connectivity index (χ2n) is 4.16. The number of rotatable bonds is 4. The SMILES string of the molecule is O=C(CNc1c(F)cc(F)cc1F)Nc1cccc(F)c1. The van der Waals surface area contributed by atoms with Gasteiger partial charge < -0.3 is 10.6 Å². The Balaban J connectivity index is 1.99. The van der Waals surface area contributed by atoms with Crippen molar-refractivity contribution in [1.82, 2.24) is 0 Å². The second-order valence-corrected chi connectivity index (χ2v) is 4.16. The van der Waals surface area contributed by atoms with Crippen LogP contribution in [0.1, 0.15) is 0 Å². The lowest BCUT2D eigenvalue weighted by Crippen LogP contribution is -2.22. The van der Waals surface area contributed by atoms with Crippen molar-refractivity contribution in [3.05, 3.63) is 59.7 Å². The molecule has 3 nitrogen and oxygen atoms in total. The molecule has 110 valence electrons. The minimum atomic E-state index is -1.15. The van der Waals surface area contributed by atoms with Gasteiger partial charge in [-0.25, -0.2) is 17.6 Å². The van der Waals surface area contributed by atoms with Crippen LogP contribution in [0.15, 0.2) is 36.4 Å². The summed E-state index contributed by atoms with van der Waals surface area (Å²) in [7, 11) is 0. The topological polar surface area (TPSA) is 41.1 Å². The van der Waals surface area contributed by atoms with Crippen LogP contribution in [0.2, 0.25) is 0 Å². The van der Waals surface area contributed by atoms with E-state index in [1.165, 1.54) is 18.2 Å². The first-order valence-corrected chi connectivity index (χ1v) is 5.89. The summed E-state index contributed by atoms with van der Waals surface area (Å²) in [6, 6.07) is 6.15. The standard InChI is InChI=1S/C14H10F4N2O/c15-8-2-1-3-10(4-8)20-13(21)7-19-14-11(17)5-9(16)6-12(14)18/h1-6,19H,7H2,(H,20,21). The Morgan fingerprint density at radius 3 is 2.24 bits per heavy atom. The van der Waals surface area contributed by atoms with Crippen molar-refractivity contribution in [3.8, 4) is 0 Å². The fourth-order valence-corrected chi connectivity index (χ4v) is 1.65. The van der Waals surface area contributed by atoms with E-state index in [4.69, 9.17) is 0 Å². The third kappa shape index (κ3) is 3.95. The van der Waals surface area contributed by atoms with E-state index in [1.807, 2.05) is 0 Å². The Kier molecular flexibility index (Phi) is 4.42. The van der Waals surface area contributed by atoms with Crippen LogP contribution >= 0.6 is 0 Å². The molecule has 0 saturated heterocycles. The maximum atomic E-state index is 13.3. The molecule has 2 N–H and O–H groups in total. The summed E-state index contributed by atoms with van der Waals surface area (Å²) < 4.78 is 52.3. The summed E-state index contributed by atoms with van der Waals surface area (Å²) in [6.45, 7) is -0.462. The number of benzene rings is 2. The van der Waals surface area contributed by atoms with Gasteiger partial charge in [0.05, 0.1) is 6.54 Å². The number of amides is 1. The maximum Gasteiger partial charge on any atom is 0.243 e. The van der Waals surface area contributed by atoms with Gasteiger partial charge in [-0.15, -0.1) is 0 Å². The first kappa shape index (κ1) is 14.8. The summed E-state index contributed by atoms with van der Waals surface area (Å²) in [6.07, 6.45) is 0. The Morgan fingerprint density at radius 2 is 1.62 bits per heavy atom. The molecule has 0 atom stereocenters. The molecule has 0 saturated carbocycles. The average Bonchev–Trinajstić information content (AvgIpc) is 2.37. The number of halogens is 4. The van der Waals surface area contributed by atoms with E-state index in [0.717, 1.165) is 6.07 Å². The average molecular weight is 298 g/mol. The van der Waals surface area contributed by atoms with Crippen molar-refractivity contribution in [3.63, 3.8) is 0 Å². The third-order valence-electron chi connectivity index (χ3n) is 2.54. The molecule has 1 amide bonds. The maximum absolute atomic E-state index is 13.3. The van der Waals surface area contributed by atoms with Crippen molar-refractivity contribution in [2.75, 3.05) is 17.2 Å². The highest BCUT2D eigenvalue weighted by Crippen LogP contribution is 2.19. The predicted molar refractivity (Wildman–Crippen MR) is 69.8 cm³/mol. The number of carbonyl (C=O) groups excluding carboxylic acids is 1. The zero-order valence-corrected chi connectivity index (χ0v) is 10.6. The van der Waals surface area contributed by atoms with Crippen LogP contribution in [0.4, 0.5) is 28.9 Å². The first-order chi connectivity index (χ1) is 9.95. The Labute approximate surface area is 117 Å². The van der Waals surface area contributed by atoms with Gasteiger partial charge in [-0.3, -0.25) is 4.79 Å². The molecule has 0 aliphatic heterocycles. The fraction of sp³-hybridized carbons (Fsp3) is 0.0714. The Bertz CT molecular complexity index is 653. The van der Waals surface area contributed by atoms with E-state index < -0.39 is 41.4 Å². The molecule has 0 bridgehead atoms. The normalized spacial score (nSPS) is 10.3. The first-order valence-electron chi connectivity index (χ1n) is 5.89. The smallest absolute Gasteiger partial charge is 0.243 e. The number of hydrogen-bond donors (Lipinski definition) is 2. The minimum absolute atomic E-state index is 0.210. The summed E-state index contributed by atoms with van der Waals surface area (Å²) >= 11 is 0. The van der Waals surface area contributed by atoms with Gasteiger partial charge in [-0.05, 0) is 18.2 Å². The lowest BCUT2D eigenvalue weighted by molar-refractivity contribution is -0.114. The van der Waals surface area contributed by atoms with Gasteiger partial charge in [0.15, 0.2) is 11.6 Å². The Morgan fingerprint density at radius 1 is 0.952 bits per heavy atom. The van der Waals surface area contributed by atoms with E-state index in [0.29, 0.717) is 12.1 Å². The summed E-state index contributed by atoms with van der Waals surface area (Å²) in [5, 5.41) is 4.56. The highest BCUT2D eigenvalue weighted by Gasteiger charge is 2.12. The molecule has 0 aromatic heterocycles. The zero-order valence-electron chi connectivity index (χ0n) is 10.6. The number of nitrogens with one attached hydrogen (secondary N) is 2. The van der Waals surface area contributed by atoms with Crippen molar-refractivity contribution < 1.29 is 22.4 Å². The van der Waals surface area contributed by atoms with Crippen LogP contribution < -0.4 is 10.6 Å². The zero-order chi connectivity index (χ0) is 15.4. The number of anilines is 2. The molecule has 2 aromatic carbocycles. The fourth-order valence-electron chi connectivity index (χ4n) is 1.65. The van der Waals surface area contributed by atoms with Crippen molar-refractivity contribution >= 4 is 17.3 Å². The van der Waals surface area contributed by atoms with Crippen LogP contribution in [0.5, 0.6) is 0 Å². The highest BCUT2D eigenvalue weighted by molar-refractivity contribution is 5.93. The molecule has 0 radical (unpaired) electrons. The molecule has 0 spiro atoms. The molecule has 2 aromatic rings. The summed E-state index contributed by atoms with van der Waals surface area (Å²) in [5.41, 5.74) is -0.396. The van der Waals surface area contributed by atoms with Gasteiger partial charge in [0.1, 0.15) is 17.3 Å². The van der Waals surface area contributed by atoms with E-state index in [1.54, 1.807) is 0 Å². The monoisotopic (exact) mass is 298 g/mol. The van der Waals surface area contributed by atoms with Crippen molar-refractivity contribution in [2.45, 2.75) is 0 Å². The van der Waals surface area contributed by atoms with Crippen LogP contribution in [0, 0.1) is 23.3 Å². The van der Waals surface area contributed by atoms with Gasteiger partial charge in [-0.2, -0.15) is 0 Å². The summed E-state index contributed by atoms with van der Waals surface area (Å²) in [4.78, 5) is 11.6. The molecule has 0 unspecified atom stereocenters. The van der Waals surface area contributed by atoms with Gasteiger partial charge in [0, 0.05) is 17.8 Å². The lowest BCUT2D eigenvalue weighted by Gasteiger charge is -2.09. The van der Waals surface area contributed by atoms with Gasteiger partial charge in [0.2, 0.25) is 5.91 Å². The molecule has 7 heteroatoms. The van der Waals surface area contributed by atoms with E-state index >= 15 is 0 Å². The molecule has 2 rings (SSSR count). The largest absolute Gasteiger partial charge is 0.371 e. The van der Waals surface area contributed by atoms with E-state index in [-0.39, 0.29) is 5.69 Å². The van der Waals surface area contributed by atoms with Crippen LogP contribution in [-0.2, 0) is 4.79 Å². The lowest BCUT2D eigenvalue weighted by atomic mass is 10.2.